The Morgan fingerprint density at radius 2 is 1.58 bits per heavy atom. The molecule has 0 spiro atoms. The molecule has 3 aromatic carbocycles. The predicted molar refractivity (Wildman–Crippen MR) is 163 cm³/mol. The number of rotatable bonds is 4. The molecule has 2 aromatic heterocycles. The first-order valence-electron chi connectivity index (χ1n) is 13.2. The van der Waals surface area contributed by atoms with Crippen molar-refractivity contribution in [3.8, 4) is 39.5 Å². The van der Waals surface area contributed by atoms with Gasteiger partial charge in [-0.05, 0) is 65.1 Å². The third-order valence-corrected chi connectivity index (χ3v) is 9.37. The molecule has 0 amide bonds. The minimum atomic E-state index is -1.42. The fourth-order valence-corrected chi connectivity index (χ4v) is 5.92. The molecule has 0 aliphatic rings. The Bertz CT molecular complexity index is 1650. The number of imidazole rings is 1. The van der Waals surface area contributed by atoms with Crippen LogP contribution < -0.4 is 5.19 Å². The zero-order valence-corrected chi connectivity index (χ0v) is 24.7. The van der Waals surface area contributed by atoms with Crippen LogP contribution in [0.1, 0.15) is 31.9 Å². The van der Waals surface area contributed by atoms with E-state index in [9.17, 15) is 5.11 Å². The zero-order chi connectivity index (χ0) is 27.4. The minimum absolute atomic E-state index is 0.0282. The summed E-state index contributed by atoms with van der Waals surface area (Å²) in [4.78, 5) is 9.98. The lowest BCUT2D eigenvalue weighted by Gasteiger charge is -2.22. The second-order valence-electron chi connectivity index (χ2n) is 12.4. The molecular weight excluding hydrogens is 482 g/mol. The van der Waals surface area contributed by atoms with Crippen LogP contribution >= 0.6 is 0 Å². The van der Waals surface area contributed by atoms with Gasteiger partial charge in [0, 0.05) is 24.4 Å². The van der Waals surface area contributed by atoms with E-state index in [1.807, 2.05) is 26.1 Å². The lowest BCUT2D eigenvalue weighted by Crippen LogP contribution is -2.37. The van der Waals surface area contributed by atoms with E-state index in [2.05, 4.69) is 99.7 Å². The van der Waals surface area contributed by atoms with Crippen LogP contribution in [-0.4, -0.2) is 27.7 Å². The van der Waals surface area contributed by atoms with E-state index >= 15 is 0 Å². The highest BCUT2D eigenvalue weighted by Crippen LogP contribution is 2.38. The molecule has 0 unspecified atom stereocenters. The Kier molecular flexibility index (Phi) is 6.31. The van der Waals surface area contributed by atoms with Crippen LogP contribution in [0.2, 0.25) is 19.6 Å². The summed E-state index contributed by atoms with van der Waals surface area (Å²) >= 11 is 0. The number of phenolic OH excluding ortho intramolecular Hbond substituents is 1. The van der Waals surface area contributed by atoms with Crippen LogP contribution in [0.4, 0.5) is 0 Å². The first-order chi connectivity index (χ1) is 17.8. The molecule has 0 saturated carbocycles. The van der Waals surface area contributed by atoms with Crippen molar-refractivity contribution >= 4 is 24.3 Å². The Morgan fingerprint density at radius 1 is 0.842 bits per heavy atom. The minimum Gasteiger partial charge on any atom is -0.507 e. The first kappa shape index (κ1) is 25.9. The molecule has 0 aliphatic carbocycles. The second kappa shape index (κ2) is 9.24. The van der Waals surface area contributed by atoms with E-state index in [0.717, 1.165) is 50.4 Å². The number of nitrogens with zero attached hydrogens (tertiary/aromatic N) is 3. The molecule has 5 rings (SSSR count). The maximum Gasteiger partial charge on any atom is 0.144 e. The molecule has 38 heavy (non-hydrogen) atoms. The number of phenols is 1. The maximum absolute atomic E-state index is 10.6. The lowest BCUT2D eigenvalue weighted by atomic mass is 9.83. The van der Waals surface area contributed by atoms with Gasteiger partial charge < -0.3 is 9.67 Å². The van der Waals surface area contributed by atoms with Crippen molar-refractivity contribution in [2.24, 2.45) is 7.05 Å². The molecule has 0 fully saturated rings. The number of pyridine rings is 1. The average molecular weight is 520 g/mol. The summed E-state index contributed by atoms with van der Waals surface area (Å²) in [7, 11) is 0.589. The SMILES string of the molecule is Cc1ccc(O)c(-c2nc3c(-c4cc(-c5ccc([Si](C)(C)C)cn5)cc(C(C)(C)C)c4)cccc3n2C)c1. The van der Waals surface area contributed by atoms with Crippen LogP contribution in [-0.2, 0) is 12.5 Å². The summed E-state index contributed by atoms with van der Waals surface area (Å²) < 4.78 is 2.07. The summed E-state index contributed by atoms with van der Waals surface area (Å²) in [5.41, 5.74) is 9.28. The Labute approximate surface area is 227 Å². The standard InChI is InChI=1S/C33H37N3OSi/c1-21-12-15-30(37)27(16-21)32-35-31-26(10-9-11-29(31)36(32)5)22-17-23(19-24(18-22)33(2,3)4)28-14-13-25(20-34-28)38(6,7)8/h9-20,37H,1-8H3. The Balaban J connectivity index is 1.71. The Morgan fingerprint density at radius 3 is 2.24 bits per heavy atom. The van der Waals surface area contributed by atoms with Crippen LogP contribution in [0.15, 0.2) is 72.9 Å². The number of aromatic hydroxyl groups is 1. The van der Waals surface area contributed by atoms with Crippen molar-refractivity contribution in [3.63, 3.8) is 0 Å². The summed E-state index contributed by atoms with van der Waals surface area (Å²) in [5.74, 6) is 0.991. The van der Waals surface area contributed by atoms with Gasteiger partial charge in [0.25, 0.3) is 0 Å². The molecule has 0 saturated heterocycles. The number of benzene rings is 3. The summed E-state index contributed by atoms with van der Waals surface area (Å²) in [6.45, 7) is 15.8. The van der Waals surface area contributed by atoms with Gasteiger partial charge in [-0.1, -0.05) is 76.3 Å². The molecule has 1 N–H and O–H groups in total. The molecule has 0 radical (unpaired) electrons. The number of aryl methyl sites for hydroxylation is 2. The van der Waals surface area contributed by atoms with Crippen LogP contribution in [0.5, 0.6) is 5.75 Å². The fourth-order valence-electron chi connectivity index (χ4n) is 4.89. The van der Waals surface area contributed by atoms with E-state index < -0.39 is 8.07 Å². The topological polar surface area (TPSA) is 50.9 Å². The van der Waals surface area contributed by atoms with Crippen molar-refractivity contribution in [1.29, 1.82) is 0 Å². The molecule has 5 heteroatoms. The maximum atomic E-state index is 10.6. The van der Waals surface area contributed by atoms with Crippen molar-refractivity contribution in [3.05, 3.63) is 84.1 Å². The lowest BCUT2D eigenvalue weighted by molar-refractivity contribution is 0.476. The van der Waals surface area contributed by atoms with Gasteiger partial charge in [0.1, 0.15) is 11.6 Å². The van der Waals surface area contributed by atoms with Crippen molar-refractivity contribution < 1.29 is 5.11 Å². The predicted octanol–water partition coefficient (Wildman–Crippen LogP) is 7.83. The van der Waals surface area contributed by atoms with E-state index in [-0.39, 0.29) is 11.2 Å². The third-order valence-electron chi connectivity index (χ3n) is 7.34. The smallest absolute Gasteiger partial charge is 0.144 e. The zero-order valence-electron chi connectivity index (χ0n) is 23.7. The summed E-state index contributed by atoms with van der Waals surface area (Å²) in [6.07, 6.45) is 2.06. The largest absolute Gasteiger partial charge is 0.507 e. The third kappa shape index (κ3) is 4.79. The van der Waals surface area contributed by atoms with Gasteiger partial charge in [0.2, 0.25) is 0 Å². The Hall–Kier alpha value is -3.70. The molecule has 5 aromatic rings. The summed E-state index contributed by atoms with van der Waals surface area (Å²) in [6, 6.07) is 23.2. The fraction of sp³-hybridized carbons (Fsp3) is 0.273. The van der Waals surface area contributed by atoms with E-state index in [1.54, 1.807) is 6.07 Å². The van der Waals surface area contributed by atoms with Crippen molar-refractivity contribution in [2.75, 3.05) is 0 Å². The number of fused-ring (bicyclic) bond motifs is 1. The van der Waals surface area contributed by atoms with Gasteiger partial charge in [-0.15, -0.1) is 0 Å². The summed E-state index contributed by atoms with van der Waals surface area (Å²) in [5, 5.41) is 12.0. The highest BCUT2D eigenvalue weighted by molar-refractivity contribution is 6.88. The van der Waals surface area contributed by atoms with Gasteiger partial charge in [-0.3, -0.25) is 4.98 Å². The van der Waals surface area contributed by atoms with Gasteiger partial charge in [0.15, 0.2) is 0 Å². The molecule has 0 aliphatic heterocycles. The van der Waals surface area contributed by atoms with Gasteiger partial charge in [0.05, 0.1) is 30.4 Å². The quantitative estimate of drug-likeness (QED) is 0.246. The normalized spacial score (nSPS) is 12.3. The molecular formula is C33H37N3OSi. The van der Waals surface area contributed by atoms with Crippen LogP contribution in [0.3, 0.4) is 0 Å². The number of hydrogen-bond acceptors (Lipinski definition) is 3. The highest BCUT2D eigenvalue weighted by Gasteiger charge is 2.21. The van der Waals surface area contributed by atoms with Gasteiger partial charge in [-0.25, -0.2) is 4.98 Å². The molecule has 0 atom stereocenters. The molecule has 4 nitrogen and oxygen atoms in total. The first-order valence-corrected chi connectivity index (χ1v) is 16.7. The molecule has 0 bridgehead atoms. The van der Waals surface area contributed by atoms with E-state index in [0.29, 0.717) is 0 Å². The number of para-hydroxylation sites is 1. The second-order valence-corrected chi connectivity index (χ2v) is 17.5. The average Bonchev–Trinajstić information content (AvgIpc) is 3.20. The van der Waals surface area contributed by atoms with Gasteiger partial charge in [-0.2, -0.15) is 0 Å². The van der Waals surface area contributed by atoms with Crippen LogP contribution in [0.25, 0.3) is 44.8 Å². The molecule has 2 heterocycles. The van der Waals surface area contributed by atoms with E-state index in [4.69, 9.17) is 9.97 Å². The number of aromatic nitrogens is 3. The van der Waals surface area contributed by atoms with Crippen LogP contribution in [0, 0.1) is 6.92 Å². The highest BCUT2D eigenvalue weighted by atomic mass is 28.3. The van der Waals surface area contributed by atoms with Crippen molar-refractivity contribution in [2.45, 2.75) is 52.8 Å². The number of hydrogen-bond donors (Lipinski definition) is 1. The molecule has 194 valence electrons. The van der Waals surface area contributed by atoms with Crippen molar-refractivity contribution in [1.82, 2.24) is 14.5 Å². The van der Waals surface area contributed by atoms with E-state index in [1.165, 1.54) is 10.8 Å². The van der Waals surface area contributed by atoms with Gasteiger partial charge >= 0.3 is 0 Å². The monoisotopic (exact) mass is 519 g/mol.